The minimum absolute atomic E-state index is 0.0652. The van der Waals surface area contributed by atoms with E-state index in [0.717, 1.165) is 27.0 Å². The first-order chi connectivity index (χ1) is 12.5. The van der Waals surface area contributed by atoms with E-state index in [1.807, 2.05) is 36.1 Å². The third kappa shape index (κ3) is 2.67. The minimum atomic E-state index is -0.168. The number of halogens is 1. The van der Waals surface area contributed by atoms with E-state index in [1.165, 1.54) is 5.56 Å². The van der Waals surface area contributed by atoms with Crippen LogP contribution in [-0.4, -0.2) is 16.1 Å². The first kappa shape index (κ1) is 17.0. The quantitative estimate of drug-likeness (QED) is 0.633. The summed E-state index contributed by atoms with van der Waals surface area (Å²) in [7, 11) is 0. The molecule has 1 aromatic heterocycles. The first-order valence-corrected chi connectivity index (χ1v) is 9.50. The first-order valence-electron chi connectivity index (χ1n) is 8.71. The van der Waals surface area contributed by atoms with E-state index >= 15 is 0 Å². The van der Waals surface area contributed by atoms with Gasteiger partial charge >= 0.3 is 0 Å². The number of aromatic nitrogens is 2. The van der Waals surface area contributed by atoms with Crippen molar-refractivity contribution in [1.82, 2.24) is 10.2 Å². The van der Waals surface area contributed by atoms with Gasteiger partial charge in [0.2, 0.25) is 0 Å². The summed E-state index contributed by atoms with van der Waals surface area (Å²) in [6.07, 6.45) is 0. The van der Waals surface area contributed by atoms with Crippen LogP contribution >= 0.6 is 15.9 Å². The summed E-state index contributed by atoms with van der Waals surface area (Å²) >= 11 is 3.46. The van der Waals surface area contributed by atoms with Crippen molar-refractivity contribution < 1.29 is 4.79 Å². The lowest BCUT2D eigenvalue weighted by molar-refractivity contribution is 0.0988. The number of hydrogen-bond acceptors (Lipinski definition) is 2. The van der Waals surface area contributed by atoms with Crippen LogP contribution in [0.4, 0.5) is 5.69 Å². The molecule has 132 valence electrons. The maximum atomic E-state index is 13.1. The van der Waals surface area contributed by atoms with Gasteiger partial charge in [-0.25, -0.2) is 0 Å². The van der Waals surface area contributed by atoms with E-state index in [1.54, 1.807) is 0 Å². The molecule has 5 heteroatoms. The fraction of sp³-hybridized carbons (Fsp3) is 0.238. The molecule has 0 radical (unpaired) electrons. The number of aromatic amines is 1. The Bertz CT molecular complexity index is 958. The number of nitrogens with one attached hydrogen (secondary N) is 1. The number of rotatable bonds is 3. The van der Waals surface area contributed by atoms with Crippen LogP contribution in [-0.2, 0) is 0 Å². The molecule has 0 fully saturated rings. The number of H-pyrrole nitrogens is 1. The number of carbonyl (C=O) groups is 1. The second-order valence-corrected chi connectivity index (χ2v) is 7.90. The van der Waals surface area contributed by atoms with Gasteiger partial charge < -0.3 is 0 Å². The SMILES string of the molecule is Cc1[nH]nc2c1[C@H](c1ccc(C(C)C)cc1)N(c1ccc(Br)cc1)C2=O. The molecule has 2 aromatic carbocycles. The third-order valence-corrected chi connectivity index (χ3v) is 5.50. The topological polar surface area (TPSA) is 49.0 Å². The van der Waals surface area contributed by atoms with E-state index in [4.69, 9.17) is 0 Å². The van der Waals surface area contributed by atoms with Crippen LogP contribution in [0.5, 0.6) is 0 Å². The largest absolute Gasteiger partial charge is 0.295 e. The van der Waals surface area contributed by atoms with Gasteiger partial charge in [0.1, 0.15) is 0 Å². The smallest absolute Gasteiger partial charge is 0.279 e. The molecule has 0 aliphatic carbocycles. The van der Waals surface area contributed by atoms with E-state index in [2.05, 4.69) is 64.2 Å². The van der Waals surface area contributed by atoms with Gasteiger partial charge in [-0.05, 0) is 48.2 Å². The summed E-state index contributed by atoms with van der Waals surface area (Å²) in [5, 5.41) is 7.24. The highest BCUT2D eigenvalue weighted by molar-refractivity contribution is 9.10. The van der Waals surface area contributed by atoms with E-state index < -0.39 is 0 Å². The summed E-state index contributed by atoms with van der Waals surface area (Å²) < 4.78 is 0.986. The van der Waals surface area contributed by atoms with Crippen molar-refractivity contribution >= 4 is 27.5 Å². The molecule has 1 atom stereocenters. The van der Waals surface area contributed by atoms with Crippen molar-refractivity contribution in [2.75, 3.05) is 4.90 Å². The number of carbonyl (C=O) groups excluding carboxylic acids is 1. The van der Waals surface area contributed by atoms with Gasteiger partial charge in [-0.15, -0.1) is 0 Å². The van der Waals surface area contributed by atoms with Crippen molar-refractivity contribution in [2.24, 2.45) is 0 Å². The summed E-state index contributed by atoms with van der Waals surface area (Å²) in [5.41, 5.74) is 5.67. The molecule has 1 aliphatic rings. The Morgan fingerprint density at radius 2 is 1.73 bits per heavy atom. The summed E-state index contributed by atoms with van der Waals surface area (Å²) in [4.78, 5) is 14.9. The normalized spacial score (nSPS) is 16.4. The Balaban J connectivity index is 1.85. The van der Waals surface area contributed by atoms with E-state index in [9.17, 15) is 4.79 Å². The van der Waals surface area contributed by atoms with Gasteiger partial charge in [-0.3, -0.25) is 14.8 Å². The van der Waals surface area contributed by atoms with Crippen LogP contribution < -0.4 is 4.90 Å². The van der Waals surface area contributed by atoms with Crippen LogP contribution in [0, 0.1) is 6.92 Å². The van der Waals surface area contributed by atoms with Gasteiger partial charge in [-0.1, -0.05) is 54.0 Å². The number of benzene rings is 2. The van der Waals surface area contributed by atoms with Crippen molar-refractivity contribution in [1.29, 1.82) is 0 Å². The van der Waals surface area contributed by atoms with Gasteiger partial charge in [0, 0.05) is 21.4 Å². The molecule has 0 bridgehead atoms. The maximum Gasteiger partial charge on any atom is 0.279 e. The average molecular weight is 410 g/mol. The van der Waals surface area contributed by atoms with Crippen LogP contribution in [0.2, 0.25) is 0 Å². The second-order valence-electron chi connectivity index (χ2n) is 6.99. The number of amides is 1. The molecular formula is C21H20BrN3O. The number of fused-ring (bicyclic) bond motifs is 1. The summed E-state index contributed by atoms with van der Waals surface area (Å²) in [6.45, 7) is 6.33. The van der Waals surface area contributed by atoms with E-state index in [0.29, 0.717) is 11.6 Å². The molecule has 1 aliphatic heterocycles. The average Bonchev–Trinajstić information content (AvgIpc) is 3.15. The summed E-state index contributed by atoms with van der Waals surface area (Å²) in [6, 6.07) is 16.2. The Kier molecular flexibility index (Phi) is 4.19. The molecule has 0 unspecified atom stereocenters. The molecule has 0 spiro atoms. The fourth-order valence-electron chi connectivity index (χ4n) is 3.54. The molecule has 26 heavy (non-hydrogen) atoms. The standard InChI is InChI=1S/C21H20BrN3O/c1-12(2)14-4-6-15(7-5-14)20-18-13(3)23-24-19(18)21(26)25(20)17-10-8-16(22)9-11-17/h4-12,20H,1-3H3,(H,23,24)/t20-/m0/s1. The molecule has 2 heterocycles. The Labute approximate surface area is 161 Å². The lowest BCUT2D eigenvalue weighted by Crippen LogP contribution is -2.29. The van der Waals surface area contributed by atoms with Crippen molar-refractivity contribution in [3.05, 3.63) is 81.1 Å². The van der Waals surface area contributed by atoms with Crippen LogP contribution in [0.15, 0.2) is 53.0 Å². The zero-order valence-electron chi connectivity index (χ0n) is 15.0. The highest BCUT2D eigenvalue weighted by Crippen LogP contribution is 2.42. The molecule has 1 amide bonds. The highest BCUT2D eigenvalue weighted by Gasteiger charge is 2.42. The molecular weight excluding hydrogens is 390 g/mol. The predicted molar refractivity (Wildman–Crippen MR) is 107 cm³/mol. The van der Waals surface area contributed by atoms with Crippen LogP contribution in [0.1, 0.15) is 58.7 Å². The number of nitrogens with zero attached hydrogens (tertiary/aromatic N) is 2. The number of anilines is 1. The van der Waals surface area contributed by atoms with Crippen molar-refractivity contribution in [3.8, 4) is 0 Å². The Morgan fingerprint density at radius 3 is 2.35 bits per heavy atom. The number of hydrogen-bond donors (Lipinski definition) is 1. The third-order valence-electron chi connectivity index (χ3n) is 4.97. The fourth-order valence-corrected chi connectivity index (χ4v) is 3.81. The lowest BCUT2D eigenvalue weighted by Gasteiger charge is -2.26. The van der Waals surface area contributed by atoms with Gasteiger partial charge in [-0.2, -0.15) is 5.10 Å². The van der Waals surface area contributed by atoms with Crippen molar-refractivity contribution in [2.45, 2.75) is 32.7 Å². The Hall–Kier alpha value is -2.40. The van der Waals surface area contributed by atoms with Crippen LogP contribution in [0.3, 0.4) is 0 Å². The van der Waals surface area contributed by atoms with Crippen LogP contribution in [0.25, 0.3) is 0 Å². The van der Waals surface area contributed by atoms with Gasteiger partial charge in [0.15, 0.2) is 5.69 Å². The molecule has 4 nitrogen and oxygen atoms in total. The van der Waals surface area contributed by atoms with E-state index in [-0.39, 0.29) is 11.9 Å². The molecule has 0 saturated carbocycles. The highest BCUT2D eigenvalue weighted by atomic mass is 79.9. The van der Waals surface area contributed by atoms with Gasteiger partial charge in [0.25, 0.3) is 5.91 Å². The zero-order chi connectivity index (χ0) is 18.4. The Morgan fingerprint density at radius 1 is 1.08 bits per heavy atom. The maximum absolute atomic E-state index is 13.1. The number of aryl methyl sites for hydroxylation is 1. The lowest BCUT2D eigenvalue weighted by atomic mass is 9.95. The summed E-state index contributed by atoms with van der Waals surface area (Å²) in [5.74, 6) is 0.410. The molecule has 3 aromatic rings. The monoisotopic (exact) mass is 409 g/mol. The predicted octanol–water partition coefficient (Wildman–Crippen LogP) is 5.35. The zero-order valence-corrected chi connectivity index (χ0v) is 16.5. The van der Waals surface area contributed by atoms with Crippen molar-refractivity contribution in [3.63, 3.8) is 0 Å². The second kappa shape index (κ2) is 6.40. The molecule has 4 rings (SSSR count). The molecule has 0 saturated heterocycles. The van der Waals surface area contributed by atoms with Gasteiger partial charge in [0.05, 0.1) is 6.04 Å². The minimum Gasteiger partial charge on any atom is -0.295 e. The molecule has 1 N–H and O–H groups in total.